The van der Waals surface area contributed by atoms with Crippen LogP contribution in [-0.2, 0) is 26.4 Å². The lowest BCUT2D eigenvalue weighted by Gasteiger charge is -2.08. The van der Waals surface area contributed by atoms with E-state index in [4.69, 9.17) is 16.3 Å². The zero-order valence-corrected chi connectivity index (χ0v) is 13.8. The molecular weight excluding hydrogens is 355 g/mol. The van der Waals surface area contributed by atoms with Gasteiger partial charge in [-0.25, -0.2) is 9.18 Å². The van der Waals surface area contributed by atoms with E-state index >= 15 is 0 Å². The highest BCUT2D eigenvalue weighted by molar-refractivity contribution is 7.78. The van der Waals surface area contributed by atoms with Crippen LogP contribution in [0.25, 0.3) is 11.1 Å². The molecule has 0 aromatic heterocycles. The zero-order chi connectivity index (χ0) is 17.3. The molecule has 7 heteroatoms. The Balaban J connectivity index is 2.04. The summed E-state index contributed by atoms with van der Waals surface area (Å²) in [6.45, 7) is 0.0308. The highest BCUT2D eigenvalue weighted by atomic mass is 35.5. The number of halogens is 2. The van der Waals surface area contributed by atoms with Crippen LogP contribution >= 0.6 is 11.6 Å². The second kappa shape index (κ2) is 6.84. The van der Waals surface area contributed by atoms with Gasteiger partial charge in [0, 0.05) is 21.9 Å². The quantitative estimate of drug-likeness (QED) is 0.615. The van der Waals surface area contributed by atoms with Crippen LogP contribution in [-0.4, -0.2) is 21.3 Å². The first-order chi connectivity index (χ1) is 11.5. The Morgan fingerprint density at radius 1 is 1.21 bits per heavy atom. The Labute approximate surface area is 145 Å². The SMILES string of the molecule is O=C1OCC(c2ccc(CS(=O)[O-])cc2)=C1c1ccc(Cl)cc1F. The van der Waals surface area contributed by atoms with Gasteiger partial charge in [0.05, 0.1) is 5.57 Å². The molecule has 0 aliphatic carbocycles. The highest BCUT2D eigenvalue weighted by Gasteiger charge is 2.29. The van der Waals surface area contributed by atoms with Crippen molar-refractivity contribution in [3.05, 3.63) is 70.0 Å². The Morgan fingerprint density at radius 3 is 2.54 bits per heavy atom. The minimum atomic E-state index is -2.18. The normalized spacial score (nSPS) is 15.5. The number of hydrogen-bond donors (Lipinski definition) is 0. The summed E-state index contributed by atoms with van der Waals surface area (Å²) >= 11 is 3.57. The fourth-order valence-electron chi connectivity index (χ4n) is 2.54. The summed E-state index contributed by atoms with van der Waals surface area (Å²) in [5, 5.41) is 0.236. The van der Waals surface area contributed by atoms with E-state index in [9.17, 15) is 17.9 Å². The maximum atomic E-state index is 14.2. The Morgan fingerprint density at radius 2 is 1.92 bits per heavy atom. The maximum absolute atomic E-state index is 14.2. The fourth-order valence-corrected chi connectivity index (χ4v) is 3.16. The van der Waals surface area contributed by atoms with Crippen molar-refractivity contribution in [1.82, 2.24) is 0 Å². The number of hydrogen-bond acceptors (Lipinski definition) is 4. The van der Waals surface area contributed by atoms with Gasteiger partial charge in [-0.05, 0) is 29.3 Å². The standard InChI is InChI=1S/C17H12ClFO4S/c18-12-5-6-13(15(19)7-12)16-14(8-23-17(16)20)11-3-1-10(2-4-11)9-24(21)22/h1-7H,8-9H2,(H,21,22)/p-1. The van der Waals surface area contributed by atoms with Crippen molar-refractivity contribution < 1.29 is 22.7 Å². The van der Waals surface area contributed by atoms with Gasteiger partial charge in [-0.1, -0.05) is 46.9 Å². The van der Waals surface area contributed by atoms with Crippen molar-refractivity contribution in [3.63, 3.8) is 0 Å². The molecule has 0 saturated carbocycles. The monoisotopic (exact) mass is 365 g/mol. The predicted octanol–water partition coefficient (Wildman–Crippen LogP) is 3.33. The Hall–Kier alpha value is -2.02. The van der Waals surface area contributed by atoms with Gasteiger partial charge >= 0.3 is 5.97 Å². The number of rotatable bonds is 4. The van der Waals surface area contributed by atoms with Crippen LogP contribution < -0.4 is 0 Å². The number of carbonyl (C=O) groups is 1. The third-order valence-electron chi connectivity index (χ3n) is 3.64. The number of carbonyl (C=O) groups excluding carboxylic acids is 1. The highest BCUT2D eigenvalue weighted by Crippen LogP contribution is 2.34. The van der Waals surface area contributed by atoms with Crippen molar-refractivity contribution in [2.24, 2.45) is 0 Å². The molecule has 3 rings (SSSR count). The largest absolute Gasteiger partial charge is 0.772 e. The average molecular weight is 366 g/mol. The van der Waals surface area contributed by atoms with Crippen molar-refractivity contribution in [3.8, 4) is 0 Å². The van der Waals surface area contributed by atoms with Crippen molar-refractivity contribution >= 4 is 39.8 Å². The van der Waals surface area contributed by atoms with Gasteiger partial charge in [-0.15, -0.1) is 0 Å². The molecule has 1 aliphatic rings. The van der Waals surface area contributed by atoms with E-state index in [1.165, 1.54) is 12.1 Å². The molecule has 0 N–H and O–H groups in total. The first-order valence-corrected chi connectivity index (χ1v) is 8.59. The number of benzene rings is 2. The lowest BCUT2D eigenvalue weighted by atomic mass is 9.96. The molecule has 1 atom stereocenters. The van der Waals surface area contributed by atoms with Gasteiger partial charge in [-0.2, -0.15) is 0 Å². The molecule has 0 amide bonds. The summed E-state index contributed by atoms with van der Waals surface area (Å²) in [4.78, 5) is 12.0. The van der Waals surface area contributed by atoms with Crippen molar-refractivity contribution in [2.45, 2.75) is 5.75 Å². The van der Waals surface area contributed by atoms with Gasteiger partial charge in [0.15, 0.2) is 0 Å². The van der Waals surface area contributed by atoms with Gasteiger partial charge in [-0.3, -0.25) is 4.21 Å². The number of ether oxygens (including phenoxy) is 1. The van der Waals surface area contributed by atoms with Crippen LogP contribution in [0.3, 0.4) is 0 Å². The molecule has 0 fully saturated rings. The van der Waals surface area contributed by atoms with Crippen LogP contribution in [0, 0.1) is 5.82 Å². The summed E-state index contributed by atoms with van der Waals surface area (Å²) in [6, 6.07) is 10.8. The molecule has 2 aromatic carbocycles. The molecule has 2 aromatic rings. The summed E-state index contributed by atoms with van der Waals surface area (Å²) in [6.07, 6.45) is 0. The maximum Gasteiger partial charge on any atom is 0.339 e. The van der Waals surface area contributed by atoms with E-state index in [-0.39, 0.29) is 28.5 Å². The molecule has 4 nitrogen and oxygen atoms in total. The van der Waals surface area contributed by atoms with Gasteiger partial charge in [0.1, 0.15) is 12.4 Å². The molecule has 0 spiro atoms. The lowest BCUT2D eigenvalue weighted by molar-refractivity contribution is -0.133. The van der Waals surface area contributed by atoms with Gasteiger partial charge in [0.25, 0.3) is 0 Å². The average Bonchev–Trinajstić information content (AvgIpc) is 2.89. The zero-order valence-electron chi connectivity index (χ0n) is 12.3. The number of esters is 1. The molecule has 24 heavy (non-hydrogen) atoms. The lowest BCUT2D eigenvalue weighted by Crippen LogP contribution is -2.00. The van der Waals surface area contributed by atoms with E-state index in [2.05, 4.69) is 0 Å². The number of cyclic esters (lactones) is 1. The molecule has 1 aliphatic heterocycles. The van der Waals surface area contributed by atoms with E-state index in [1.54, 1.807) is 24.3 Å². The molecule has 0 radical (unpaired) electrons. The third-order valence-corrected chi connectivity index (χ3v) is 4.45. The summed E-state index contributed by atoms with van der Waals surface area (Å²) in [7, 11) is 0. The summed E-state index contributed by atoms with van der Waals surface area (Å²) in [5.74, 6) is -1.30. The minimum Gasteiger partial charge on any atom is -0.772 e. The molecule has 1 heterocycles. The van der Waals surface area contributed by atoms with Gasteiger partial charge < -0.3 is 9.29 Å². The molecule has 0 saturated heterocycles. The molecule has 124 valence electrons. The van der Waals surface area contributed by atoms with E-state index < -0.39 is 22.9 Å². The minimum absolute atomic E-state index is 0.0308. The van der Waals surface area contributed by atoms with Crippen molar-refractivity contribution in [1.29, 1.82) is 0 Å². The Kier molecular flexibility index (Phi) is 4.80. The van der Waals surface area contributed by atoms with Crippen LogP contribution in [0.5, 0.6) is 0 Å². The smallest absolute Gasteiger partial charge is 0.339 e. The van der Waals surface area contributed by atoms with E-state index in [0.29, 0.717) is 16.7 Å². The fraction of sp³-hybridized carbons (Fsp3) is 0.118. The van der Waals surface area contributed by atoms with Crippen LogP contribution in [0.2, 0.25) is 5.02 Å². The second-order valence-corrected chi connectivity index (χ2v) is 6.53. The van der Waals surface area contributed by atoms with E-state index in [1.807, 2.05) is 0 Å². The van der Waals surface area contributed by atoms with Crippen LogP contribution in [0.15, 0.2) is 42.5 Å². The molecule has 1 unspecified atom stereocenters. The van der Waals surface area contributed by atoms with E-state index in [0.717, 1.165) is 6.07 Å². The first kappa shape index (κ1) is 16.8. The van der Waals surface area contributed by atoms with Gasteiger partial charge in [0.2, 0.25) is 0 Å². The third kappa shape index (κ3) is 3.40. The first-order valence-electron chi connectivity index (χ1n) is 6.96. The summed E-state index contributed by atoms with van der Waals surface area (Å²) in [5.41, 5.74) is 2.13. The summed E-state index contributed by atoms with van der Waals surface area (Å²) < 4.78 is 40.7. The Bertz CT molecular complexity index is 861. The molecule has 0 bridgehead atoms. The van der Waals surface area contributed by atoms with Crippen LogP contribution in [0.1, 0.15) is 16.7 Å². The predicted molar refractivity (Wildman–Crippen MR) is 88.2 cm³/mol. The topological polar surface area (TPSA) is 66.4 Å². The molecular formula is C17H11ClFO4S-. The second-order valence-electron chi connectivity index (χ2n) is 5.20. The van der Waals surface area contributed by atoms with Crippen LogP contribution in [0.4, 0.5) is 4.39 Å². The van der Waals surface area contributed by atoms with Crippen molar-refractivity contribution in [2.75, 3.05) is 6.61 Å².